The van der Waals surface area contributed by atoms with Gasteiger partial charge in [-0.05, 0) is 12.1 Å². The number of alkyl halides is 1. The lowest BCUT2D eigenvalue weighted by molar-refractivity contribution is 0.922. The van der Waals surface area contributed by atoms with Gasteiger partial charge < -0.3 is 4.90 Å². The lowest BCUT2D eigenvalue weighted by Gasteiger charge is -2.21. The maximum absolute atomic E-state index is 3.76. The molecule has 0 atom stereocenters. The van der Waals surface area contributed by atoms with Crippen molar-refractivity contribution in [2.24, 2.45) is 0 Å². The Morgan fingerprint density at radius 1 is 1.31 bits per heavy atom. The van der Waals surface area contributed by atoms with E-state index in [9.17, 15) is 0 Å². The minimum Gasteiger partial charge on any atom is -0.367 e. The first kappa shape index (κ1) is 10.6. The molecule has 0 bridgehead atoms. The molecule has 0 amide bonds. The Morgan fingerprint density at radius 3 is 2.54 bits per heavy atom. The van der Waals surface area contributed by atoms with Crippen LogP contribution in [0, 0.1) is 0 Å². The van der Waals surface area contributed by atoms with Crippen LogP contribution in [0.3, 0.4) is 0 Å². The molecule has 13 heavy (non-hydrogen) atoms. The quantitative estimate of drug-likeness (QED) is 0.457. The van der Waals surface area contributed by atoms with E-state index >= 15 is 0 Å². The Kier molecular flexibility index (Phi) is 4.90. The first-order valence-electron chi connectivity index (χ1n) is 4.35. The van der Waals surface area contributed by atoms with Crippen molar-refractivity contribution in [2.75, 3.05) is 22.4 Å². The topological polar surface area (TPSA) is 3.24 Å². The third-order valence-electron chi connectivity index (χ3n) is 1.83. The standard InChI is InChI=1S/C11H14IN/c1-2-9-13(10-8-12)11-6-4-3-5-7-11/h2-7H,1,8-10H2. The van der Waals surface area contributed by atoms with Gasteiger partial charge >= 0.3 is 0 Å². The second-order valence-electron chi connectivity index (χ2n) is 2.76. The van der Waals surface area contributed by atoms with Crippen LogP contribution in [-0.4, -0.2) is 17.5 Å². The summed E-state index contributed by atoms with van der Waals surface area (Å²) in [5, 5.41) is 0. The van der Waals surface area contributed by atoms with Crippen LogP contribution in [0.25, 0.3) is 0 Å². The summed E-state index contributed by atoms with van der Waals surface area (Å²) in [6, 6.07) is 10.4. The SMILES string of the molecule is C=CCN(CCI)c1ccccc1. The molecule has 0 unspecified atom stereocenters. The molecule has 0 saturated heterocycles. The van der Waals surface area contributed by atoms with Gasteiger partial charge in [0, 0.05) is 23.2 Å². The third kappa shape index (κ3) is 3.38. The number of hydrogen-bond acceptors (Lipinski definition) is 1. The van der Waals surface area contributed by atoms with Crippen LogP contribution in [-0.2, 0) is 0 Å². The maximum atomic E-state index is 3.76. The summed E-state index contributed by atoms with van der Waals surface area (Å²) in [4.78, 5) is 2.32. The largest absolute Gasteiger partial charge is 0.367 e. The summed E-state index contributed by atoms with van der Waals surface area (Å²) in [7, 11) is 0. The second-order valence-corrected chi connectivity index (χ2v) is 3.84. The van der Waals surface area contributed by atoms with Crippen molar-refractivity contribution in [1.29, 1.82) is 0 Å². The average Bonchev–Trinajstić information content (AvgIpc) is 2.19. The van der Waals surface area contributed by atoms with Gasteiger partial charge in [-0.3, -0.25) is 0 Å². The predicted molar refractivity (Wildman–Crippen MR) is 67.7 cm³/mol. The minimum absolute atomic E-state index is 0.924. The number of halogens is 1. The van der Waals surface area contributed by atoms with Crippen molar-refractivity contribution in [3.8, 4) is 0 Å². The number of benzene rings is 1. The lowest BCUT2D eigenvalue weighted by Crippen LogP contribution is -2.25. The highest BCUT2D eigenvalue weighted by Gasteiger charge is 2.01. The van der Waals surface area contributed by atoms with Crippen molar-refractivity contribution in [2.45, 2.75) is 0 Å². The Morgan fingerprint density at radius 2 is 2.00 bits per heavy atom. The van der Waals surface area contributed by atoms with Crippen molar-refractivity contribution in [3.63, 3.8) is 0 Å². The number of hydrogen-bond donors (Lipinski definition) is 0. The fourth-order valence-electron chi connectivity index (χ4n) is 1.22. The molecule has 0 aromatic heterocycles. The molecule has 70 valence electrons. The van der Waals surface area contributed by atoms with Crippen LogP contribution in [0.1, 0.15) is 0 Å². The van der Waals surface area contributed by atoms with Gasteiger partial charge in [0.1, 0.15) is 0 Å². The van der Waals surface area contributed by atoms with Crippen LogP contribution in [0.2, 0.25) is 0 Å². The van der Waals surface area contributed by atoms with E-state index in [1.54, 1.807) is 0 Å². The van der Waals surface area contributed by atoms with Gasteiger partial charge in [-0.2, -0.15) is 0 Å². The van der Waals surface area contributed by atoms with Gasteiger partial charge in [0.25, 0.3) is 0 Å². The van der Waals surface area contributed by atoms with E-state index in [2.05, 4.69) is 58.3 Å². The van der Waals surface area contributed by atoms with E-state index in [1.165, 1.54) is 5.69 Å². The van der Waals surface area contributed by atoms with Gasteiger partial charge in [0.15, 0.2) is 0 Å². The monoisotopic (exact) mass is 287 g/mol. The van der Waals surface area contributed by atoms with Crippen LogP contribution >= 0.6 is 22.6 Å². The highest BCUT2D eigenvalue weighted by molar-refractivity contribution is 14.1. The van der Waals surface area contributed by atoms with E-state index in [4.69, 9.17) is 0 Å². The molecular formula is C11H14IN. The molecule has 0 aliphatic heterocycles. The van der Waals surface area contributed by atoms with Gasteiger partial charge in [0.05, 0.1) is 0 Å². The minimum atomic E-state index is 0.924. The highest BCUT2D eigenvalue weighted by atomic mass is 127. The molecule has 0 radical (unpaired) electrons. The summed E-state index contributed by atoms with van der Waals surface area (Å²) in [6.07, 6.45) is 1.94. The molecule has 1 rings (SSSR count). The Balaban J connectivity index is 2.69. The molecule has 0 spiro atoms. The van der Waals surface area contributed by atoms with Crippen molar-refractivity contribution in [3.05, 3.63) is 43.0 Å². The third-order valence-corrected chi connectivity index (χ3v) is 2.31. The van der Waals surface area contributed by atoms with Gasteiger partial charge in [-0.1, -0.05) is 46.9 Å². The van der Waals surface area contributed by atoms with Crippen LogP contribution in [0.5, 0.6) is 0 Å². The van der Waals surface area contributed by atoms with Gasteiger partial charge in [-0.25, -0.2) is 0 Å². The molecule has 0 fully saturated rings. The molecule has 1 aromatic carbocycles. The molecular weight excluding hydrogens is 273 g/mol. The summed E-state index contributed by atoms with van der Waals surface area (Å²) < 4.78 is 1.14. The number of anilines is 1. The average molecular weight is 287 g/mol. The normalized spacial score (nSPS) is 9.62. The Bertz CT molecular complexity index is 246. The lowest BCUT2D eigenvalue weighted by atomic mass is 10.3. The molecule has 0 N–H and O–H groups in total. The van der Waals surface area contributed by atoms with Crippen LogP contribution in [0.4, 0.5) is 5.69 Å². The van der Waals surface area contributed by atoms with E-state index in [0.717, 1.165) is 17.5 Å². The first-order chi connectivity index (χ1) is 6.38. The maximum Gasteiger partial charge on any atom is 0.0369 e. The molecule has 1 nitrogen and oxygen atoms in total. The van der Waals surface area contributed by atoms with Gasteiger partial charge in [-0.15, -0.1) is 6.58 Å². The molecule has 0 aliphatic rings. The summed E-state index contributed by atoms with van der Waals surface area (Å²) in [6.45, 7) is 5.77. The second kappa shape index (κ2) is 6.02. The Labute approximate surface area is 93.6 Å². The summed E-state index contributed by atoms with van der Waals surface area (Å²) in [5.41, 5.74) is 1.28. The molecule has 1 aromatic rings. The predicted octanol–water partition coefficient (Wildman–Crippen LogP) is 3.11. The smallest absolute Gasteiger partial charge is 0.0369 e. The molecule has 0 saturated carbocycles. The van der Waals surface area contributed by atoms with E-state index in [1.807, 2.05) is 12.1 Å². The van der Waals surface area contributed by atoms with E-state index in [-0.39, 0.29) is 0 Å². The van der Waals surface area contributed by atoms with Crippen molar-refractivity contribution >= 4 is 28.3 Å². The van der Waals surface area contributed by atoms with Crippen LogP contribution in [0.15, 0.2) is 43.0 Å². The zero-order valence-corrected chi connectivity index (χ0v) is 9.78. The fraction of sp³-hybridized carbons (Fsp3) is 0.273. The molecule has 2 heteroatoms. The number of para-hydroxylation sites is 1. The zero-order valence-electron chi connectivity index (χ0n) is 7.62. The number of rotatable bonds is 5. The summed E-state index contributed by atoms with van der Waals surface area (Å²) >= 11 is 2.39. The molecule has 0 heterocycles. The number of nitrogens with zero attached hydrogens (tertiary/aromatic N) is 1. The Hall–Kier alpha value is -0.510. The fourth-order valence-corrected chi connectivity index (χ4v) is 1.80. The van der Waals surface area contributed by atoms with Gasteiger partial charge in [0.2, 0.25) is 0 Å². The highest BCUT2D eigenvalue weighted by Crippen LogP contribution is 2.12. The molecule has 0 aliphatic carbocycles. The van der Waals surface area contributed by atoms with Crippen molar-refractivity contribution in [1.82, 2.24) is 0 Å². The first-order valence-corrected chi connectivity index (χ1v) is 5.88. The van der Waals surface area contributed by atoms with E-state index < -0.39 is 0 Å². The van der Waals surface area contributed by atoms with Crippen molar-refractivity contribution < 1.29 is 0 Å². The van der Waals surface area contributed by atoms with Crippen LogP contribution < -0.4 is 4.90 Å². The van der Waals surface area contributed by atoms with E-state index in [0.29, 0.717) is 0 Å². The summed E-state index contributed by atoms with van der Waals surface area (Å²) in [5.74, 6) is 0. The zero-order chi connectivity index (χ0) is 9.52.